The van der Waals surface area contributed by atoms with Crippen LogP contribution in [0.4, 0.5) is 0 Å². The van der Waals surface area contributed by atoms with Crippen molar-refractivity contribution in [1.82, 2.24) is 4.90 Å². The largest absolute Gasteiger partial charge is 0.481 e. The third kappa shape index (κ3) is 3.48. The predicted molar refractivity (Wildman–Crippen MR) is 88.0 cm³/mol. The molecule has 1 fully saturated rings. The average molecular weight is 329 g/mol. The van der Waals surface area contributed by atoms with Crippen molar-refractivity contribution in [2.75, 3.05) is 13.1 Å². The lowest BCUT2D eigenvalue weighted by molar-refractivity contribution is -0.137. The van der Waals surface area contributed by atoms with Gasteiger partial charge in [-0.2, -0.15) is 0 Å². The first-order chi connectivity index (χ1) is 11.5. The Hall–Kier alpha value is -2.63. The van der Waals surface area contributed by atoms with Gasteiger partial charge in [0.05, 0.1) is 5.39 Å². The zero-order valence-corrected chi connectivity index (χ0v) is 13.2. The summed E-state index contributed by atoms with van der Waals surface area (Å²) < 4.78 is 5.61. The molecule has 1 aliphatic rings. The number of carboxylic acids is 1. The number of fused-ring (bicyclic) bond motifs is 1. The van der Waals surface area contributed by atoms with Crippen molar-refractivity contribution in [2.45, 2.75) is 25.7 Å². The quantitative estimate of drug-likeness (QED) is 0.931. The van der Waals surface area contributed by atoms with Crippen molar-refractivity contribution in [2.24, 2.45) is 5.92 Å². The second kappa shape index (κ2) is 6.86. The first-order valence-electron chi connectivity index (χ1n) is 8.08. The summed E-state index contributed by atoms with van der Waals surface area (Å²) >= 11 is 0. The number of rotatable bonds is 4. The van der Waals surface area contributed by atoms with E-state index in [0.717, 1.165) is 12.8 Å². The van der Waals surface area contributed by atoms with Crippen molar-refractivity contribution in [3.05, 3.63) is 46.3 Å². The highest BCUT2D eigenvalue weighted by atomic mass is 16.4. The van der Waals surface area contributed by atoms with Crippen LogP contribution in [-0.4, -0.2) is 35.0 Å². The van der Waals surface area contributed by atoms with E-state index in [2.05, 4.69) is 0 Å². The van der Waals surface area contributed by atoms with Gasteiger partial charge >= 0.3 is 5.97 Å². The van der Waals surface area contributed by atoms with Crippen LogP contribution in [0.15, 0.2) is 39.5 Å². The molecule has 3 rings (SSSR count). The topological polar surface area (TPSA) is 87.8 Å². The second-order valence-electron chi connectivity index (χ2n) is 6.16. The van der Waals surface area contributed by atoms with Crippen molar-refractivity contribution >= 4 is 22.8 Å². The van der Waals surface area contributed by atoms with Crippen LogP contribution in [-0.2, 0) is 4.79 Å². The monoisotopic (exact) mass is 329 g/mol. The van der Waals surface area contributed by atoms with Gasteiger partial charge in [0, 0.05) is 25.6 Å². The summed E-state index contributed by atoms with van der Waals surface area (Å²) in [6, 6.07) is 8.07. The molecule has 0 unspecified atom stereocenters. The molecular formula is C18H19NO5. The van der Waals surface area contributed by atoms with Gasteiger partial charge in [-0.25, -0.2) is 0 Å². The first kappa shape index (κ1) is 16.2. The summed E-state index contributed by atoms with van der Waals surface area (Å²) in [5.74, 6) is -0.916. The average Bonchev–Trinajstić information content (AvgIpc) is 2.59. The zero-order valence-electron chi connectivity index (χ0n) is 13.2. The Morgan fingerprint density at radius 1 is 1.29 bits per heavy atom. The lowest BCUT2D eigenvalue weighted by Gasteiger charge is -2.32. The van der Waals surface area contributed by atoms with E-state index in [1.807, 2.05) is 0 Å². The first-order valence-corrected chi connectivity index (χ1v) is 8.08. The van der Waals surface area contributed by atoms with Gasteiger partial charge in [-0.05, 0) is 37.3 Å². The predicted octanol–water partition coefficient (Wildman–Crippen LogP) is 2.51. The fourth-order valence-corrected chi connectivity index (χ4v) is 3.18. The van der Waals surface area contributed by atoms with E-state index in [0.29, 0.717) is 30.5 Å². The summed E-state index contributed by atoms with van der Waals surface area (Å²) in [6.07, 6.45) is 2.41. The summed E-state index contributed by atoms with van der Waals surface area (Å²) in [5.41, 5.74) is 0.160. The number of likely N-dealkylation sites (tertiary alicyclic amines) is 1. The number of benzene rings is 1. The number of piperidine rings is 1. The van der Waals surface area contributed by atoms with Gasteiger partial charge in [-0.1, -0.05) is 12.1 Å². The molecule has 0 spiro atoms. The number of carbonyl (C=O) groups excluding carboxylic acids is 1. The fourth-order valence-electron chi connectivity index (χ4n) is 3.18. The highest BCUT2D eigenvalue weighted by Gasteiger charge is 2.26. The zero-order chi connectivity index (χ0) is 17.1. The molecule has 1 atom stereocenters. The molecular weight excluding hydrogens is 310 g/mol. The van der Waals surface area contributed by atoms with Crippen molar-refractivity contribution < 1.29 is 19.1 Å². The Kier molecular flexibility index (Phi) is 4.64. The van der Waals surface area contributed by atoms with Crippen LogP contribution in [0.3, 0.4) is 0 Å². The molecule has 1 saturated heterocycles. The van der Waals surface area contributed by atoms with Crippen molar-refractivity contribution in [1.29, 1.82) is 0 Å². The Bertz CT molecular complexity index is 826. The van der Waals surface area contributed by atoms with Crippen LogP contribution < -0.4 is 5.43 Å². The van der Waals surface area contributed by atoms with E-state index in [9.17, 15) is 14.4 Å². The Balaban J connectivity index is 1.78. The number of carbonyl (C=O) groups is 2. The molecule has 0 saturated carbocycles. The van der Waals surface area contributed by atoms with Crippen molar-refractivity contribution in [3.63, 3.8) is 0 Å². The molecule has 0 aliphatic carbocycles. The van der Waals surface area contributed by atoms with Crippen LogP contribution >= 0.6 is 0 Å². The summed E-state index contributed by atoms with van der Waals surface area (Å²) in [4.78, 5) is 37.2. The molecule has 1 aromatic carbocycles. The Morgan fingerprint density at radius 2 is 2.08 bits per heavy atom. The number of nitrogens with zero attached hydrogens (tertiary/aromatic N) is 1. The van der Waals surface area contributed by atoms with E-state index in [1.54, 1.807) is 29.2 Å². The van der Waals surface area contributed by atoms with Crippen molar-refractivity contribution in [3.8, 4) is 0 Å². The summed E-state index contributed by atoms with van der Waals surface area (Å²) in [5, 5.41) is 9.25. The number of amides is 1. The van der Waals surface area contributed by atoms with Gasteiger partial charge in [0.15, 0.2) is 11.2 Å². The minimum absolute atomic E-state index is 0.0394. The van der Waals surface area contributed by atoms with Gasteiger partial charge in [-0.15, -0.1) is 0 Å². The molecule has 126 valence electrons. The smallest absolute Gasteiger partial charge is 0.303 e. The summed E-state index contributed by atoms with van der Waals surface area (Å²) in [6.45, 7) is 1.10. The highest BCUT2D eigenvalue weighted by molar-refractivity contribution is 5.93. The number of para-hydroxylation sites is 1. The number of hydrogen-bond donors (Lipinski definition) is 1. The molecule has 0 bridgehead atoms. The van der Waals surface area contributed by atoms with Crippen LogP contribution in [0.1, 0.15) is 36.2 Å². The standard InChI is InChI=1S/C18H19NO5/c20-14-10-16(24-15-6-2-1-5-13(14)15)18(23)19-9-3-4-12(11-19)7-8-17(21)22/h1-2,5-6,10,12H,3-4,7-9,11H2,(H,21,22)/t12-/m0/s1. The highest BCUT2D eigenvalue weighted by Crippen LogP contribution is 2.23. The molecule has 1 amide bonds. The van der Waals surface area contributed by atoms with E-state index in [1.165, 1.54) is 6.07 Å². The maximum Gasteiger partial charge on any atom is 0.303 e. The molecule has 1 aliphatic heterocycles. The molecule has 1 N–H and O–H groups in total. The molecule has 2 heterocycles. The minimum Gasteiger partial charge on any atom is -0.481 e. The van der Waals surface area contributed by atoms with Crippen LogP contribution in [0.2, 0.25) is 0 Å². The van der Waals surface area contributed by atoms with Gasteiger partial charge in [0.2, 0.25) is 0 Å². The molecule has 6 nitrogen and oxygen atoms in total. The Labute approximate surface area is 138 Å². The SMILES string of the molecule is O=C(O)CC[C@@H]1CCCN(C(=O)c2cc(=O)c3ccccc3o2)C1. The lowest BCUT2D eigenvalue weighted by Crippen LogP contribution is -2.40. The van der Waals surface area contributed by atoms with Crippen LogP contribution in [0.25, 0.3) is 11.0 Å². The van der Waals surface area contributed by atoms with E-state index in [4.69, 9.17) is 9.52 Å². The van der Waals surface area contributed by atoms with Gasteiger partial charge in [0.1, 0.15) is 5.58 Å². The number of aliphatic carboxylic acids is 1. The van der Waals surface area contributed by atoms with Crippen LogP contribution in [0, 0.1) is 5.92 Å². The summed E-state index contributed by atoms with van der Waals surface area (Å²) in [7, 11) is 0. The molecule has 0 radical (unpaired) electrons. The van der Waals surface area contributed by atoms with Gasteiger partial charge in [-0.3, -0.25) is 14.4 Å². The Morgan fingerprint density at radius 3 is 2.88 bits per heavy atom. The second-order valence-corrected chi connectivity index (χ2v) is 6.16. The number of carboxylic acid groups (broad SMARTS) is 1. The fraction of sp³-hybridized carbons (Fsp3) is 0.389. The maximum atomic E-state index is 12.7. The lowest BCUT2D eigenvalue weighted by atomic mass is 9.93. The van der Waals surface area contributed by atoms with Crippen LogP contribution in [0.5, 0.6) is 0 Å². The van der Waals surface area contributed by atoms with Gasteiger partial charge < -0.3 is 14.4 Å². The van der Waals surface area contributed by atoms with E-state index < -0.39 is 5.97 Å². The molecule has 1 aromatic heterocycles. The third-order valence-corrected chi connectivity index (χ3v) is 4.42. The van der Waals surface area contributed by atoms with E-state index >= 15 is 0 Å². The molecule has 24 heavy (non-hydrogen) atoms. The third-order valence-electron chi connectivity index (χ3n) is 4.42. The molecule has 2 aromatic rings. The van der Waals surface area contributed by atoms with E-state index in [-0.39, 0.29) is 29.4 Å². The minimum atomic E-state index is -0.820. The van der Waals surface area contributed by atoms with Gasteiger partial charge in [0.25, 0.3) is 5.91 Å². The number of hydrogen-bond acceptors (Lipinski definition) is 4. The molecule has 6 heteroatoms. The normalized spacial score (nSPS) is 17.8. The maximum absolute atomic E-state index is 12.7.